The molecule has 146 valence electrons. The van der Waals surface area contributed by atoms with Crippen LogP contribution in [-0.2, 0) is 4.79 Å². The molecular weight excluding hydrogens is 386 g/mol. The number of hydrogen-bond donors (Lipinski definition) is 2. The van der Waals surface area contributed by atoms with Crippen LogP contribution in [0.15, 0.2) is 60.7 Å². The van der Waals surface area contributed by atoms with Gasteiger partial charge in [-0.1, -0.05) is 67.6 Å². The number of carbonyl (C=O) groups is 2. The Balaban J connectivity index is 2.08. The van der Waals surface area contributed by atoms with Crippen LogP contribution >= 0.6 is 11.6 Å². The Morgan fingerprint density at radius 2 is 1.66 bits per heavy atom. The molecule has 0 aromatic heterocycles. The SMILES string of the molecule is CC(C)C(NC(=O)c1ccc2ccccc2c1C#Cc1ccc(Cl)cc1)C(=O)O. The summed E-state index contributed by atoms with van der Waals surface area (Å²) < 4.78 is 0. The topological polar surface area (TPSA) is 66.4 Å². The van der Waals surface area contributed by atoms with E-state index in [2.05, 4.69) is 17.2 Å². The zero-order valence-corrected chi connectivity index (χ0v) is 16.8. The summed E-state index contributed by atoms with van der Waals surface area (Å²) in [6, 6.07) is 17.3. The van der Waals surface area contributed by atoms with E-state index in [1.165, 1.54) is 0 Å². The molecule has 0 aliphatic carbocycles. The van der Waals surface area contributed by atoms with Crippen molar-refractivity contribution in [2.45, 2.75) is 19.9 Å². The average molecular weight is 406 g/mol. The highest BCUT2D eigenvalue weighted by Crippen LogP contribution is 2.22. The van der Waals surface area contributed by atoms with Crippen LogP contribution in [0.1, 0.15) is 35.3 Å². The van der Waals surface area contributed by atoms with Crippen molar-refractivity contribution in [3.05, 3.63) is 82.4 Å². The summed E-state index contributed by atoms with van der Waals surface area (Å²) in [4.78, 5) is 24.4. The lowest BCUT2D eigenvalue weighted by atomic mass is 9.97. The van der Waals surface area contributed by atoms with Gasteiger partial charge in [0.1, 0.15) is 6.04 Å². The Morgan fingerprint density at radius 1 is 0.966 bits per heavy atom. The number of halogens is 1. The predicted octanol–water partition coefficient (Wildman–Crippen LogP) is 4.73. The molecule has 0 saturated heterocycles. The first-order valence-corrected chi connectivity index (χ1v) is 9.57. The van der Waals surface area contributed by atoms with Crippen molar-refractivity contribution in [2.75, 3.05) is 0 Å². The van der Waals surface area contributed by atoms with E-state index in [4.69, 9.17) is 11.6 Å². The maximum absolute atomic E-state index is 12.9. The van der Waals surface area contributed by atoms with Gasteiger partial charge in [-0.3, -0.25) is 4.79 Å². The highest BCUT2D eigenvalue weighted by atomic mass is 35.5. The zero-order chi connectivity index (χ0) is 21.0. The molecule has 4 nitrogen and oxygen atoms in total. The smallest absolute Gasteiger partial charge is 0.326 e. The fourth-order valence-electron chi connectivity index (χ4n) is 3.00. The van der Waals surface area contributed by atoms with Gasteiger partial charge in [0.15, 0.2) is 0 Å². The van der Waals surface area contributed by atoms with E-state index < -0.39 is 17.9 Å². The molecule has 0 spiro atoms. The Morgan fingerprint density at radius 3 is 2.31 bits per heavy atom. The molecule has 0 heterocycles. The third-order valence-corrected chi connectivity index (χ3v) is 4.82. The van der Waals surface area contributed by atoms with Crippen LogP contribution in [0.2, 0.25) is 5.02 Å². The van der Waals surface area contributed by atoms with Crippen LogP contribution in [-0.4, -0.2) is 23.0 Å². The number of carboxylic acid groups (broad SMARTS) is 1. The molecule has 1 atom stereocenters. The van der Waals surface area contributed by atoms with Gasteiger partial charge < -0.3 is 10.4 Å². The molecule has 5 heteroatoms. The number of hydrogen-bond acceptors (Lipinski definition) is 2. The molecule has 0 aliphatic heterocycles. The van der Waals surface area contributed by atoms with Gasteiger partial charge in [0.25, 0.3) is 5.91 Å². The number of fused-ring (bicyclic) bond motifs is 1. The summed E-state index contributed by atoms with van der Waals surface area (Å²) in [5, 5.41) is 14.4. The Bertz CT molecular complexity index is 1120. The third-order valence-electron chi connectivity index (χ3n) is 4.57. The molecule has 3 rings (SSSR count). The summed E-state index contributed by atoms with van der Waals surface area (Å²) in [6.07, 6.45) is 0. The van der Waals surface area contributed by atoms with Crippen molar-refractivity contribution in [2.24, 2.45) is 5.92 Å². The first-order chi connectivity index (χ1) is 13.9. The van der Waals surface area contributed by atoms with Crippen LogP contribution in [0.3, 0.4) is 0 Å². The van der Waals surface area contributed by atoms with E-state index in [0.29, 0.717) is 16.1 Å². The lowest BCUT2D eigenvalue weighted by Crippen LogP contribution is -2.44. The molecule has 3 aromatic carbocycles. The number of nitrogens with one attached hydrogen (secondary N) is 1. The molecule has 1 unspecified atom stereocenters. The summed E-state index contributed by atoms with van der Waals surface area (Å²) in [5.41, 5.74) is 1.67. The predicted molar refractivity (Wildman–Crippen MR) is 115 cm³/mol. The van der Waals surface area contributed by atoms with Crippen LogP contribution < -0.4 is 5.32 Å². The molecule has 0 aliphatic rings. The molecular formula is C24H20ClNO3. The van der Waals surface area contributed by atoms with Gasteiger partial charge in [-0.2, -0.15) is 0 Å². The summed E-state index contributed by atoms with van der Waals surface area (Å²) in [6.45, 7) is 3.50. The molecule has 0 fully saturated rings. The standard InChI is InChI=1S/C24H20ClNO3/c1-15(2)22(24(28)29)26-23(27)21-14-10-17-5-3-4-6-19(17)20(21)13-9-16-7-11-18(25)12-8-16/h3-8,10-12,14-15,22H,1-2H3,(H,26,27)(H,28,29). The van der Waals surface area contributed by atoms with E-state index >= 15 is 0 Å². The Hall–Kier alpha value is -3.29. The van der Waals surface area contributed by atoms with Crippen LogP contribution in [0.5, 0.6) is 0 Å². The van der Waals surface area contributed by atoms with Crippen LogP contribution in [0.4, 0.5) is 0 Å². The van der Waals surface area contributed by atoms with Crippen molar-refractivity contribution in [3.63, 3.8) is 0 Å². The molecule has 3 aromatic rings. The number of carbonyl (C=O) groups excluding carboxylic acids is 1. The third kappa shape index (κ3) is 4.77. The lowest BCUT2D eigenvalue weighted by molar-refractivity contribution is -0.140. The fourth-order valence-corrected chi connectivity index (χ4v) is 3.12. The lowest BCUT2D eigenvalue weighted by Gasteiger charge is -2.18. The number of carboxylic acids is 1. The second kappa shape index (κ2) is 8.81. The number of aliphatic carboxylic acids is 1. The second-order valence-electron chi connectivity index (χ2n) is 7.00. The zero-order valence-electron chi connectivity index (χ0n) is 16.1. The Labute approximate surface area is 174 Å². The van der Waals surface area contributed by atoms with Gasteiger partial charge >= 0.3 is 5.97 Å². The molecule has 1 amide bonds. The van der Waals surface area contributed by atoms with Crippen molar-refractivity contribution in [3.8, 4) is 11.8 Å². The van der Waals surface area contributed by atoms with E-state index in [0.717, 1.165) is 16.3 Å². The molecule has 0 bridgehead atoms. The van der Waals surface area contributed by atoms with Gasteiger partial charge in [0, 0.05) is 16.1 Å². The molecule has 29 heavy (non-hydrogen) atoms. The highest BCUT2D eigenvalue weighted by molar-refractivity contribution is 6.30. The highest BCUT2D eigenvalue weighted by Gasteiger charge is 2.25. The maximum Gasteiger partial charge on any atom is 0.326 e. The summed E-state index contributed by atoms with van der Waals surface area (Å²) >= 11 is 5.92. The van der Waals surface area contributed by atoms with E-state index in [9.17, 15) is 14.7 Å². The Kier molecular flexibility index (Phi) is 6.21. The summed E-state index contributed by atoms with van der Waals surface area (Å²) in [7, 11) is 0. The molecule has 0 saturated carbocycles. The first kappa shape index (κ1) is 20.4. The number of amides is 1. The van der Waals surface area contributed by atoms with Crippen molar-refractivity contribution in [1.82, 2.24) is 5.32 Å². The largest absolute Gasteiger partial charge is 0.480 e. The van der Waals surface area contributed by atoms with E-state index in [1.54, 1.807) is 44.2 Å². The minimum absolute atomic E-state index is 0.250. The van der Waals surface area contributed by atoms with E-state index in [1.807, 2.05) is 30.3 Å². The average Bonchev–Trinajstić information content (AvgIpc) is 2.70. The first-order valence-electron chi connectivity index (χ1n) is 9.20. The van der Waals surface area contributed by atoms with Crippen molar-refractivity contribution < 1.29 is 14.7 Å². The van der Waals surface area contributed by atoms with Gasteiger partial charge in [0.05, 0.1) is 5.56 Å². The van der Waals surface area contributed by atoms with Crippen LogP contribution in [0.25, 0.3) is 10.8 Å². The second-order valence-corrected chi connectivity index (χ2v) is 7.44. The van der Waals surface area contributed by atoms with Crippen molar-refractivity contribution >= 4 is 34.2 Å². The summed E-state index contributed by atoms with van der Waals surface area (Å²) in [5.74, 6) is 4.40. The van der Waals surface area contributed by atoms with E-state index in [-0.39, 0.29) is 5.92 Å². The molecule has 2 N–H and O–H groups in total. The maximum atomic E-state index is 12.9. The monoisotopic (exact) mass is 405 g/mol. The van der Waals surface area contributed by atoms with Crippen molar-refractivity contribution in [1.29, 1.82) is 0 Å². The van der Waals surface area contributed by atoms with Gasteiger partial charge in [-0.05, 0) is 47.0 Å². The van der Waals surface area contributed by atoms with Crippen LogP contribution in [0, 0.1) is 17.8 Å². The normalized spacial score (nSPS) is 11.6. The number of rotatable bonds is 4. The minimum Gasteiger partial charge on any atom is -0.480 e. The number of benzene rings is 3. The minimum atomic E-state index is -1.07. The molecule has 0 radical (unpaired) electrons. The van der Waals surface area contributed by atoms with Gasteiger partial charge in [0.2, 0.25) is 0 Å². The fraction of sp³-hybridized carbons (Fsp3) is 0.167. The van der Waals surface area contributed by atoms with Gasteiger partial charge in [-0.25, -0.2) is 4.79 Å². The quantitative estimate of drug-likeness (QED) is 0.616. The van der Waals surface area contributed by atoms with Gasteiger partial charge in [-0.15, -0.1) is 0 Å².